The molecule has 0 aromatic heterocycles. The van der Waals surface area contributed by atoms with Crippen molar-refractivity contribution in [3.05, 3.63) is 33.8 Å². The molecule has 112 valence electrons. The number of benzene rings is 1. The van der Waals surface area contributed by atoms with Gasteiger partial charge in [0.25, 0.3) is 0 Å². The molecule has 1 aromatic rings. The first-order valence-corrected chi connectivity index (χ1v) is 8.07. The molecule has 2 N–H and O–H groups in total. The lowest BCUT2D eigenvalue weighted by atomic mass is 9.85. The fraction of sp³-hybridized carbons (Fsp3) is 0.625. The Morgan fingerprint density at radius 2 is 1.95 bits per heavy atom. The van der Waals surface area contributed by atoms with E-state index in [1.54, 1.807) is 0 Å². The smallest absolute Gasteiger partial charge is 0.0595 e. The zero-order valence-electron chi connectivity index (χ0n) is 12.3. The molecular weight excluding hydrogens is 291 g/mol. The zero-order chi connectivity index (χ0) is 14.8. The van der Waals surface area contributed by atoms with Crippen molar-refractivity contribution in [2.75, 3.05) is 19.6 Å². The SMILES string of the molecule is CC1(C)CCCN(C(CN)c2ccc(Cl)c(Cl)c2)CC1. The molecule has 0 bridgehead atoms. The van der Waals surface area contributed by atoms with Gasteiger partial charge in [0, 0.05) is 12.6 Å². The maximum Gasteiger partial charge on any atom is 0.0595 e. The van der Waals surface area contributed by atoms with Crippen molar-refractivity contribution in [2.24, 2.45) is 11.1 Å². The van der Waals surface area contributed by atoms with Crippen LogP contribution in [0.1, 0.15) is 44.7 Å². The van der Waals surface area contributed by atoms with E-state index in [4.69, 9.17) is 28.9 Å². The summed E-state index contributed by atoms with van der Waals surface area (Å²) in [5, 5.41) is 1.21. The van der Waals surface area contributed by atoms with Gasteiger partial charge in [-0.2, -0.15) is 0 Å². The van der Waals surface area contributed by atoms with E-state index in [0.717, 1.165) is 13.1 Å². The minimum Gasteiger partial charge on any atom is -0.329 e. The predicted octanol–water partition coefficient (Wildman–Crippen LogP) is 4.51. The van der Waals surface area contributed by atoms with Crippen molar-refractivity contribution >= 4 is 23.2 Å². The van der Waals surface area contributed by atoms with Gasteiger partial charge >= 0.3 is 0 Å². The monoisotopic (exact) mass is 314 g/mol. The van der Waals surface area contributed by atoms with Crippen molar-refractivity contribution in [3.63, 3.8) is 0 Å². The van der Waals surface area contributed by atoms with Gasteiger partial charge in [-0.25, -0.2) is 0 Å². The highest BCUT2D eigenvalue weighted by atomic mass is 35.5. The van der Waals surface area contributed by atoms with Crippen molar-refractivity contribution in [3.8, 4) is 0 Å². The molecule has 0 amide bonds. The second-order valence-corrected chi connectivity index (χ2v) is 7.29. The number of rotatable bonds is 3. The number of nitrogens with two attached hydrogens (primary N) is 1. The topological polar surface area (TPSA) is 29.3 Å². The average Bonchev–Trinajstić information content (AvgIpc) is 2.56. The number of nitrogens with zero attached hydrogens (tertiary/aromatic N) is 1. The molecule has 1 aromatic carbocycles. The molecule has 2 nitrogen and oxygen atoms in total. The van der Waals surface area contributed by atoms with Crippen LogP contribution in [0.4, 0.5) is 0 Å². The molecule has 2 rings (SSSR count). The third-order valence-electron chi connectivity index (χ3n) is 4.37. The first-order chi connectivity index (χ1) is 9.43. The second-order valence-electron chi connectivity index (χ2n) is 6.48. The van der Waals surface area contributed by atoms with Gasteiger partial charge in [0.15, 0.2) is 0 Å². The maximum atomic E-state index is 6.14. The molecule has 1 aliphatic rings. The van der Waals surface area contributed by atoms with Crippen LogP contribution >= 0.6 is 23.2 Å². The molecule has 4 heteroatoms. The summed E-state index contributed by atoms with van der Waals surface area (Å²) < 4.78 is 0. The molecule has 1 fully saturated rings. The Bertz CT molecular complexity index is 460. The van der Waals surface area contributed by atoms with Gasteiger partial charge in [-0.05, 0) is 55.5 Å². The van der Waals surface area contributed by atoms with Gasteiger partial charge in [-0.15, -0.1) is 0 Å². The third-order valence-corrected chi connectivity index (χ3v) is 5.11. The van der Waals surface area contributed by atoms with Gasteiger partial charge in [-0.1, -0.05) is 43.1 Å². The normalized spacial score (nSPS) is 21.4. The van der Waals surface area contributed by atoms with Gasteiger partial charge in [0.1, 0.15) is 0 Å². The van der Waals surface area contributed by atoms with Crippen molar-refractivity contribution in [1.82, 2.24) is 4.90 Å². The number of hydrogen-bond acceptors (Lipinski definition) is 2. The Hall–Kier alpha value is -0.280. The summed E-state index contributed by atoms with van der Waals surface area (Å²) >= 11 is 12.1. The Morgan fingerprint density at radius 1 is 1.20 bits per heavy atom. The summed E-state index contributed by atoms with van der Waals surface area (Å²) in [5.41, 5.74) is 7.63. The first kappa shape index (κ1) is 16.1. The largest absolute Gasteiger partial charge is 0.329 e. The average molecular weight is 315 g/mol. The van der Waals surface area contributed by atoms with E-state index in [-0.39, 0.29) is 6.04 Å². The van der Waals surface area contributed by atoms with E-state index < -0.39 is 0 Å². The molecule has 1 aliphatic heterocycles. The molecular formula is C16H24Cl2N2. The van der Waals surface area contributed by atoms with Gasteiger partial charge < -0.3 is 5.73 Å². The number of likely N-dealkylation sites (tertiary alicyclic amines) is 1. The van der Waals surface area contributed by atoms with Gasteiger partial charge in [0.2, 0.25) is 0 Å². The summed E-state index contributed by atoms with van der Waals surface area (Å²) in [7, 11) is 0. The summed E-state index contributed by atoms with van der Waals surface area (Å²) in [6.07, 6.45) is 3.72. The molecule has 1 atom stereocenters. The summed E-state index contributed by atoms with van der Waals surface area (Å²) in [4.78, 5) is 2.49. The van der Waals surface area contributed by atoms with Crippen LogP contribution in [0.15, 0.2) is 18.2 Å². The molecule has 0 spiro atoms. The lowest BCUT2D eigenvalue weighted by Crippen LogP contribution is -2.35. The summed E-state index contributed by atoms with van der Waals surface area (Å²) in [6.45, 7) is 7.51. The van der Waals surface area contributed by atoms with Gasteiger partial charge in [-0.3, -0.25) is 4.90 Å². The quantitative estimate of drug-likeness (QED) is 0.889. The number of halogens is 2. The highest BCUT2D eigenvalue weighted by Crippen LogP contribution is 2.34. The molecule has 0 aliphatic carbocycles. The van der Waals surface area contributed by atoms with E-state index in [1.165, 1.54) is 24.8 Å². The van der Waals surface area contributed by atoms with Crippen LogP contribution in [0.25, 0.3) is 0 Å². The van der Waals surface area contributed by atoms with E-state index in [0.29, 0.717) is 22.0 Å². The Kier molecular flexibility index (Phi) is 5.36. The predicted molar refractivity (Wildman–Crippen MR) is 87.5 cm³/mol. The molecule has 20 heavy (non-hydrogen) atoms. The highest BCUT2D eigenvalue weighted by molar-refractivity contribution is 6.42. The van der Waals surface area contributed by atoms with Crippen molar-refractivity contribution < 1.29 is 0 Å². The Morgan fingerprint density at radius 3 is 2.60 bits per heavy atom. The fourth-order valence-electron chi connectivity index (χ4n) is 2.97. The minimum absolute atomic E-state index is 0.235. The standard InChI is InChI=1S/C16H24Cl2N2/c1-16(2)6-3-8-20(9-7-16)15(11-19)12-4-5-13(17)14(18)10-12/h4-5,10,15H,3,6-9,11,19H2,1-2H3. The molecule has 0 saturated carbocycles. The van der Waals surface area contributed by atoms with Crippen LogP contribution in [0.5, 0.6) is 0 Å². The van der Waals surface area contributed by atoms with Crippen LogP contribution in [0.3, 0.4) is 0 Å². The molecule has 0 radical (unpaired) electrons. The van der Waals surface area contributed by atoms with Crippen LogP contribution < -0.4 is 5.73 Å². The fourth-order valence-corrected chi connectivity index (χ4v) is 3.28. The van der Waals surface area contributed by atoms with Crippen LogP contribution in [-0.4, -0.2) is 24.5 Å². The van der Waals surface area contributed by atoms with Gasteiger partial charge in [0.05, 0.1) is 10.0 Å². The summed E-state index contributed by atoms with van der Waals surface area (Å²) in [6, 6.07) is 6.10. The summed E-state index contributed by atoms with van der Waals surface area (Å²) in [5.74, 6) is 0. The minimum atomic E-state index is 0.235. The molecule has 1 heterocycles. The van der Waals surface area contributed by atoms with E-state index in [1.807, 2.05) is 18.2 Å². The van der Waals surface area contributed by atoms with Crippen LogP contribution in [0.2, 0.25) is 10.0 Å². The maximum absolute atomic E-state index is 6.14. The van der Waals surface area contributed by atoms with Crippen LogP contribution in [-0.2, 0) is 0 Å². The molecule has 1 saturated heterocycles. The molecule has 1 unspecified atom stereocenters. The highest BCUT2D eigenvalue weighted by Gasteiger charge is 2.27. The van der Waals surface area contributed by atoms with E-state index >= 15 is 0 Å². The third kappa shape index (κ3) is 3.88. The van der Waals surface area contributed by atoms with E-state index in [2.05, 4.69) is 18.7 Å². The lowest BCUT2D eigenvalue weighted by Gasteiger charge is -2.31. The Labute approximate surface area is 132 Å². The Balaban J connectivity index is 2.17. The number of hydrogen-bond donors (Lipinski definition) is 1. The first-order valence-electron chi connectivity index (χ1n) is 7.32. The van der Waals surface area contributed by atoms with Crippen molar-refractivity contribution in [1.29, 1.82) is 0 Å². The zero-order valence-corrected chi connectivity index (χ0v) is 13.8. The van der Waals surface area contributed by atoms with Crippen molar-refractivity contribution in [2.45, 2.75) is 39.2 Å². The van der Waals surface area contributed by atoms with Crippen LogP contribution in [0, 0.1) is 5.41 Å². The second kappa shape index (κ2) is 6.65. The lowest BCUT2D eigenvalue weighted by molar-refractivity contribution is 0.200. The van der Waals surface area contributed by atoms with E-state index in [9.17, 15) is 0 Å².